The Kier molecular flexibility index (Phi) is 4.01. The fourth-order valence-electron chi connectivity index (χ4n) is 3.85. The zero-order valence-corrected chi connectivity index (χ0v) is 11.8. The number of nitrogens with zero attached hydrogens (tertiary/aromatic N) is 2. The van der Waals surface area contributed by atoms with Crippen LogP contribution in [0.3, 0.4) is 0 Å². The Bertz CT molecular complexity index is 483. The van der Waals surface area contributed by atoms with Crippen molar-refractivity contribution in [3.05, 3.63) is 29.6 Å². The van der Waals surface area contributed by atoms with Gasteiger partial charge in [-0.2, -0.15) is 0 Å². The first-order valence-electron chi connectivity index (χ1n) is 7.66. The summed E-state index contributed by atoms with van der Waals surface area (Å²) in [5.74, 6) is -0.0844. The summed E-state index contributed by atoms with van der Waals surface area (Å²) in [6, 6.07) is 4.36. The molecule has 3 rings (SSSR count). The van der Waals surface area contributed by atoms with E-state index >= 15 is 0 Å². The Morgan fingerprint density at radius 1 is 1.30 bits per heavy atom. The highest BCUT2D eigenvalue weighted by atomic mass is 16.4. The molecule has 1 saturated heterocycles. The molecule has 0 spiro atoms. The predicted molar refractivity (Wildman–Crippen MR) is 76.6 cm³/mol. The SMILES string of the molecule is O=C(O)c1cc(CN2CCCC2C2CCCC2)ccn1. The third-order valence-corrected chi connectivity index (χ3v) is 4.79. The van der Waals surface area contributed by atoms with Gasteiger partial charge in [0.05, 0.1) is 0 Å². The van der Waals surface area contributed by atoms with Gasteiger partial charge in [-0.1, -0.05) is 12.8 Å². The Morgan fingerprint density at radius 3 is 2.85 bits per heavy atom. The predicted octanol–water partition coefficient (Wildman–Crippen LogP) is 2.93. The summed E-state index contributed by atoms with van der Waals surface area (Å²) in [4.78, 5) is 17.4. The third-order valence-electron chi connectivity index (χ3n) is 4.79. The fraction of sp³-hybridized carbons (Fsp3) is 0.625. The number of carbonyl (C=O) groups is 1. The number of hydrogen-bond donors (Lipinski definition) is 1. The molecule has 0 aromatic carbocycles. The first-order chi connectivity index (χ1) is 9.74. The smallest absolute Gasteiger partial charge is 0.354 e. The number of rotatable bonds is 4. The van der Waals surface area contributed by atoms with Crippen LogP contribution < -0.4 is 0 Å². The highest BCUT2D eigenvalue weighted by Crippen LogP contribution is 2.35. The monoisotopic (exact) mass is 274 g/mol. The number of aromatic carboxylic acids is 1. The summed E-state index contributed by atoms with van der Waals surface area (Å²) in [5, 5.41) is 9.02. The topological polar surface area (TPSA) is 53.4 Å². The lowest BCUT2D eigenvalue weighted by atomic mass is 9.96. The number of hydrogen-bond acceptors (Lipinski definition) is 3. The molecule has 4 nitrogen and oxygen atoms in total. The molecule has 2 aliphatic rings. The molecule has 1 aliphatic carbocycles. The number of carboxylic acids is 1. The van der Waals surface area contributed by atoms with E-state index in [-0.39, 0.29) is 5.69 Å². The normalized spacial score (nSPS) is 24.3. The molecular weight excluding hydrogens is 252 g/mol. The molecule has 2 heterocycles. The van der Waals surface area contributed by atoms with Gasteiger partial charge in [-0.25, -0.2) is 9.78 Å². The largest absolute Gasteiger partial charge is 0.477 e. The summed E-state index contributed by atoms with van der Waals surface area (Å²) in [6.45, 7) is 2.01. The van der Waals surface area contributed by atoms with Crippen LogP contribution in [-0.2, 0) is 6.54 Å². The van der Waals surface area contributed by atoms with Gasteiger partial charge in [0.2, 0.25) is 0 Å². The molecule has 108 valence electrons. The molecule has 0 bridgehead atoms. The molecule has 20 heavy (non-hydrogen) atoms. The third kappa shape index (κ3) is 2.85. The molecule has 4 heteroatoms. The minimum absolute atomic E-state index is 0.152. The van der Waals surface area contributed by atoms with Crippen LogP contribution in [0.2, 0.25) is 0 Å². The van der Waals surface area contributed by atoms with E-state index in [0.29, 0.717) is 6.04 Å². The van der Waals surface area contributed by atoms with Crippen molar-refractivity contribution in [2.75, 3.05) is 6.54 Å². The first-order valence-corrected chi connectivity index (χ1v) is 7.66. The van der Waals surface area contributed by atoms with Crippen LogP contribution in [-0.4, -0.2) is 33.5 Å². The van der Waals surface area contributed by atoms with Gasteiger partial charge < -0.3 is 5.11 Å². The van der Waals surface area contributed by atoms with E-state index in [4.69, 9.17) is 5.11 Å². The van der Waals surface area contributed by atoms with E-state index in [9.17, 15) is 4.79 Å². The van der Waals surface area contributed by atoms with Crippen LogP contribution in [0, 0.1) is 5.92 Å². The van der Waals surface area contributed by atoms with Crippen LogP contribution >= 0.6 is 0 Å². The van der Waals surface area contributed by atoms with Gasteiger partial charge in [-0.15, -0.1) is 0 Å². The zero-order chi connectivity index (χ0) is 13.9. The summed E-state index contributed by atoms with van der Waals surface area (Å²) in [6.07, 6.45) is 9.70. The fourth-order valence-corrected chi connectivity index (χ4v) is 3.85. The van der Waals surface area contributed by atoms with E-state index in [1.165, 1.54) is 38.5 Å². The molecule has 0 radical (unpaired) electrons. The molecular formula is C16H22N2O2. The minimum atomic E-state index is -0.944. The maximum atomic E-state index is 11.0. The van der Waals surface area contributed by atoms with E-state index in [0.717, 1.165) is 24.6 Å². The standard InChI is InChI=1S/C16H22N2O2/c19-16(20)14-10-12(7-8-17-14)11-18-9-3-6-15(18)13-4-1-2-5-13/h7-8,10,13,15H,1-6,9,11H2,(H,19,20). The Balaban J connectivity index is 1.69. The van der Waals surface area contributed by atoms with Gasteiger partial charge in [-0.05, 0) is 55.8 Å². The van der Waals surface area contributed by atoms with E-state index in [1.54, 1.807) is 12.3 Å². The molecule has 1 unspecified atom stereocenters. The van der Waals surface area contributed by atoms with Crippen LogP contribution in [0.4, 0.5) is 0 Å². The Morgan fingerprint density at radius 2 is 2.10 bits per heavy atom. The van der Waals surface area contributed by atoms with Crippen molar-refractivity contribution >= 4 is 5.97 Å². The van der Waals surface area contributed by atoms with Crippen LogP contribution in [0.25, 0.3) is 0 Å². The Labute approximate surface area is 119 Å². The minimum Gasteiger partial charge on any atom is -0.477 e. The molecule has 2 fully saturated rings. The second kappa shape index (κ2) is 5.92. The summed E-state index contributed by atoms with van der Waals surface area (Å²) in [5.41, 5.74) is 1.22. The van der Waals surface area contributed by atoms with Crippen LogP contribution in [0.5, 0.6) is 0 Å². The van der Waals surface area contributed by atoms with Crippen molar-refractivity contribution < 1.29 is 9.90 Å². The number of carboxylic acid groups (broad SMARTS) is 1. The van der Waals surface area contributed by atoms with Crippen molar-refractivity contribution in [2.45, 2.75) is 51.1 Å². The van der Waals surface area contributed by atoms with Crippen LogP contribution in [0.15, 0.2) is 18.3 Å². The summed E-state index contributed by atoms with van der Waals surface area (Å²) >= 11 is 0. The van der Waals surface area contributed by atoms with Crippen molar-refractivity contribution in [2.24, 2.45) is 5.92 Å². The zero-order valence-electron chi connectivity index (χ0n) is 11.8. The van der Waals surface area contributed by atoms with Gasteiger partial charge in [0.15, 0.2) is 0 Å². The van der Waals surface area contributed by atoms with Gasteiger partial charge in [0.1, 0.15) is 5.69 Å². The van der Waals surface area contributed by atoms with Crippen molar-refractivity contribution in [1.82, 2.24) is 9.88 Å². The van der Waals surface area contributed by atoms with Crippen molar-refractivity contribution in [3.8, 4) is 0 Å². The quantitative estimate of drug-likeness (QED) is 0.917. The highest BCUT2D eigenvalue weighted by molar-refractivity contribution is 5.85. The Hall–Kier alpha value is -1.42. The van der Waals surface area contributed by atoms with Crippen molar-refractivity contribution in [1.29, 1.82) is 0 Å². The maximum Gasteiger partial charge on any atom is 0.354 e. The number of likely N-dealkylation sites (tertiary alicyclic amines) is 1. The van der Waals surface area contributed by atoms with E-state index < -0.39 is 5.97 Å². The molecule has 1 atom stereocenters. The van der Waals surface area contributed by atoms with Crippen LogP contribution in [0.1, 0.15) is 54.6 Å². The van der Waals surface area contributed by atoms with E-state index in [1.807, 2.05) is 6.07 Å². The van der Waals surface area contributed by atoms with Gasteiger partial charge in [-0.3, -0.25) is 4.90 Å². The first kappa shape index (κ1) is 13.6. The average Bonchev–Trinajstić information content (AvgIpc) is 3.09. The molecule has 1 aliphatic heterocycles. The van der Waals surface area contributed by atoms with Gasteiger partial charge >= 0.3 is 5.97 Å². The lowest BCUT2D eigenvalue weighted by Crippen LogP contribution is -2.34. The van der Waals surface area contributed by atoms with E-state index in [2.05, 4.69) is 9.88 Å². The second-order valence-electron chi connectivity index (χ2n) is 6.08. The molecule has 1 aromatic rings. The lowest BCUT2D eigenvalue weighted by Gasteiger charge is -2.29. The summed E-state index contributed by atoms with van der Waals surface area (Å²) < 4.78 is 0. The summed E-state index contributed by atoms with van der Waals surface area (Å²) in [7, 11) is 0. The number of aromatic nitrogens is 1. The van der Waals surface area contributed by atoms with Gasteiger partial charge in [0, 0.05) is 18.8 Å². The molecule has 1 N–H and O–H groups in total. The van der Waals surface area contributed by atoms with Crippen molar-refractivity contribution in [3.63, 3.8) is 0 Å². The second-order valence-corrected chi connectivity index (χ2v) is 6.08. The molecule has 1 saturated carbocycles. The molecule has 1 aromatic heterocycles. The lowest BCUT2D eigenvalue weighted by molar-refractivity contribution is 0.0690. The highest BCUT2D eigenvalue weighted by Gasteiger charge is 2.33. The number of pyridine rings is 1. The average molecular weight is 274 g/mol. The van der Waals surface area contributed by atoms with Gasteiger partial charge in [0.25, 0.3) is 0 Å². The maximum absolute atomic E-state index is 11.0. The molecule has 0 amide bonds.